The molecule has 0 radical (unpaired) electrons. The van der Waals surface area contributed by atoms with E-state index in [1.807, 2.05) is 0 Å². The molecular weight excluding hydrogens is 88.1 g/mol. The molecule has 0 spiro atoms. The molecule has 0 aliphatic heterocycles. The first-order valence-electron chi connectivity index (χ1n) is 1.01. The molecule has 0 saturated heterocycles. The minimum Gasteiger partial charge on any atom is -0.245 e. The topological polar surface area (TPSA) is 66.9 Å². The number of nitrogens with two attached hydrogens (primary N) is 1. The van der Waals surface area contributed by atoms with Crippen LogP contribution in [0.4, 0.5) is 0 Å². The Morgan fingerprint density at radius 2 is 2.00 bits per heavy atom. The molecule has 0 aromatic heterocycles. The van der Waals surface area contributed by atoms with E-state index in [9.17, 15) is 4.21 Å². The molecule has 0 saturated carbocycles. The molecule has 0 aromatic carbocycles. The molecule has 5 heavy (non-hydrogen) atoms. The summed E-state index contributed by atoms with van der Waals surface area (Å²) in [6.07, 6.45) is 1.16. The normalized spacial score (nSPS) is 21.2. The van der Waals surface area contributed by atoms with Crippen LogP contribution in [0.1, 0.15) is 0 Å². The van der Waals surface area contributed by atoms with Crippen LogP contribution in [0.25, 0.3) is 0 Å². The van der Waals surface area contributed by atoms with E-state index < -0.39 is 9.92 Å². The van der Waals surface area contributed by atoms with Gasteiger partial charge >= 0.3 is 0 Å². The van der Waals surface area contributed by atoms with E-state index in [0.717, 1.165) is 6.26 Å². The van der Waals surface area contributed by atoms with Crippen LogP contribution in [-0.4, -0.2) is 10.5 Å². The summed E-state index contributed by atoms with van der Waals surface area (Å²) in [7, 11) is -2.67. The van der Waals surface area contributed by atoms with Crippen LogP contribution >= 0.6 is 0 Å². The smallest absolute Gasteiger partial charge is 0.0992 e. The van der Waals surface area contributed by atoms with Crippen molar-refractivity contribution in [3.8, 4) is 0 Å². The van der Waals surface area contributed by atoms with Crippen molar-refractivity contribution in [2.45, 2.75) is 0 Å². The molecule has 1 atom stereocenters. The summed E-state index contributed by atoms with van der Waals surface area (Å²) in [4.78, 5) is 0. The van der Waals surface area contributed by atoms with Crippen molar-refractivity contribution in [2.75, 3.05) is 6.26 Å². The highest BCUT2D eigenvalue weighted by Crippen LogP contribution is 1.56. The first-order valence-corrected chi connectivity index (χ1v) is 3.04. The second-order valence-corrected chi connectivity index (χ2v) is 2.71. The van der Waals surface area contributed by atoms with Gasteiger partial charge in [-0.2, -0.15) is 0 Å². The van der Waals surface area contributed by atoms with Crippen molar-refractivity contribution in [3.05, 3.63) is 0 Å². The summed E-state index contributed by atoms with van der Waals surface area (Å²) >= 11 is 0. The molecule has 0 rings (SSSR count). The predicted octanol–water partition coefficient (Wildman–Crippen LogP) is -0.463. The number of hydrogen-bond donors (Lipinski definition) is 2. The summed E-state index contributed by atoms with van der Waals surface area (Å²) < 4.78 is 15.9. The fraction of sp³-hybridized carbons (Fsp3) is 1.00. The third-order valence-electron chi connectivity index (χ3n) is 0. The predicted molar refractivity (Wildman–Crippen MR) is 21.0 cm³/mol. The largest absolute Gasteiger partial charge is 0.245 e. The van der Waals surface area contributed by atoms with Gasteiger partial charge in [0.25, 0.3) is 0 Å². The fourth-order valence-corrected chi connectivity index (χ4v) is 0. The van der Waals surface area contributed by atoms with Gasteiger partial charge in [-0.3, -0.25) is 0 Å². The van der Waals surface area contributed by atoms with Gasteiger partial charge in [-0.1, -0.05) is 0 Å². The third-order valence-corrected chi connectivity index (χ3v) is 0. The van der Waals surface area contributed by atoms with E-state index >= 15 is 0 Å². The Hall–Kier alpha value is -0.0900. The van der Waals surface area contributed by atoms with Gasteiger partial charge in [0.2, 0.25) is 0 Å². The summed E-state index contributed by atoms with van der Waals surface area (Å²) in [6.45, 7) is 0. The Labute approximate surface area is 31.3 Å². The van der Waals surface area contributed by atoms with Gasteiger partial charge in [-0.25, -0.2) is 14.1 Å². The molecule has 3 N–H and O–H groups in total. The van der Waals surface area contributed by atoms with Crippen LogP contribution in [0.5, 0.6) is 0 Å². The maximum atomic E-state index is 9.63. The standard InChI is InChI=1S/CH6N2OS/c1-5(2,3)4/h1H3,(H3,2,3,4). The Bertz CT molecular complexity index is 92.8. The molecule has 0 heterocycles. The highest BCUT2D eigenvalue weighted by molar-refractivity contribution is 7.89. The Balaban J connectivity index is 4.06. The summed E-state index contributed by atoms with van der Waals surface area (Å²) in [5.74, 6) is 0. The third kappa shape index (κ3) is 1760. The average molecular weight is 94.1 g/mol. The van der Waals surface area contributed by atoms with Crippen LogP contribution in [0.15, 0.2) is 0 Å². The van der Waals surface area contributed by atoms with E-state index in [-0.39, 0.29) is 0 Å². The van der Waals surface area contributed by atoms with Gasteiger partial charge in [0, 0.05) is 6.26 Å². The van der Waals surface area contributed by atoms with Crippen molar-refractivity contribution in [1.29, 1.82) is 4.78 Å². The number of nitrogens with one attached hydrogen (secondary N) is 1. The van der Waals surface area contributed by atoms with E-state index in [2.05, 4.69) is 5.14 Å². The molecule has 0 fully saturated rings. The van der Waals surface area contributed by atoms with Crippen molar-refractivity contribution < 1.29 is 4.21 Å². The molecule has 32 valence electrons. The molecule has 1 unspecified atom stereocenters. The molecule has 3 nitrogen and oxygen atoms in total. The van der Waals surface area contributed by atoms with Gasteiger partial charge < -0.3 is 0 Å². The highest BCUT2D eigenvalue weighted by Gasteiger charge is 1.72. The zero-order chi connectivity index (χ0) is 4.50. The van der Waals surface area contributed by atoms with Crippen molar-refractivity contribution in [1.82, 2.24) is 0 Å². The van der Waals surface area contributed by atoms with Crippen LogP contribution in [-0.2, 0) is 9.92 Å². The van der Waals surface area contributed by atoms with Gasteiger partial charge in [0.1, 0.15) is 0 Å². The quantitative estimate of drug-likeness (QED) is 0.419. The minimum atomic E-state index is -2.67. The summed E-state index contributed by atoms with van der Waals surface area (Å²) in [5, 5.41) is 4.55. The molecule has 0 amide bonds. The van der Waals surface area contributed by atoms with Crippen LogP contribution in [0.2, 0.25) is 0 Å². The minimum absolute atomic E-state index is 1.16. The summed E-state index contributed by atoms with van der Waals surface area (Å²) in [5.41, 5.74) is 0. The molecule has 4 heteroatoms. The lowest BCUT2D eigenvalue weighted by atomic mass is 12.0. The lowest BCUT2D eigenvalue weighted by Gasteiger charge is -1.77. The van der Waals surface area contributed by atoms with Crippen LogP contribution < -0.4 is 5.14 Å². The first kappa shape index (κ1) is 4.91. The summed E-state index contributed by atoms with van der Waals surface area (Å²) in [6, 6.07) is 0. The first-order chi connectivity index (χ1) is 2.00. The van der Waals surface area contributed by atoms with E-state index in [1.165, 1.54) is 0 Å². The van der Waals surface area contributed by atoms with Crippen molar-refractivity contribution >= 4 is 9.92 Å². The van der Waals surface area contributed by atoms with Crippen molar-refractivity contribution in [3.63, 3.8) is 0 Å². The van der Waals surface area contributed by atoms with E-state index in [4.69, 9.17) is 4.78 Å². The van der Waals surface area contributed by atoms with Crippen LogP contribution in [0, 0.1) is 4.78 Å². The highest BCUT2D eigenvalue weighted by atomic mass is 32.2. The Morgan fingerprint density at radius 1 is 2.00 bits per heavy atom. The van der Waals surface area contributed by atoms with E-state index in [1.54, 1.807) is 0 Å². The SMILES string of the molecule is CS(=N)(N)=O. The van der Waals surface area contributed by atoms with E-state index in [0.29, 0.717) is 0 Å². The van der Waals surface area contributed by atoms with Crippen molar-refractivity contribution in [2.24, 2.45) is 5.14 Å². The molecular formula is CH6N2OS. The number of rotatable bonds is 0. The lowest BCUT2D eigenvalue weighted by Crippen LogP contribution is -2.04. The zero-order valence-electron chi connectivity index (χ0n) is 2.89. The van der Waals surface area contributed by atoms with Gasteiger partial charge in [0.05, 0.1) is 9.92 Å². The zero-order valence-corrected chi connectivity index (χ0v) is 3.71. The van der Waals surface area contributed by atoms with Gasteiger partial charge in [0.15, 0.2) is 0 Å². The molecule has 0 aromatic rings. The second-order valence-electron chi connectivity index (χ2n) is 0.904. The monoisotopic (exact) mass is 94.0 g/mol. The Morgan fingerprint density at radius 3 is 2.00 bits per heavy atom. The Kier molecular flexibility index (Phi) is 0.931. The maximum absolute atomic E-state index is 9.63. The lowest BCUT2D eigenvalue weighted by molar-refractivity contribution is 0.680. The fourth-order valence-electron chi connectivity index (χ4n) is 0. The molecule has 0 aliphatic carbocycles. The number of hydrogen-bond acceptors (Lipinski definition) is 2. The average Bonchev–Trinajstić information content (AvgIpc) is 0.722. The van der Waals surface area contributed by atoms with Gasteiger partial charge in [-0.05, 0) is 0 Å². The molecule has 0 bridgehead atoms. The molecule has 0 aliphatic rings. The van der Waals surface area contributed by atoms with Gasteiger partial charge in [-0.15, -0.1) is 0 Å². The maximum Gasteiger partial charge on any atom is 0.0992 e. The van der Waals surface area contributed by atoms with Crippen LogP contribution in [0.3, 0.4) is 0 Å². The second kappa shape index (κ2) is 0.948.